The molecular weight excluding hydrogens is 192 g/mol. The molecule has 0 amide bonds. The first-order valence-electron chi connectivity index (χ1n) is 5.90. The molecule has 2 saturated heterocycles. The molecule has 0 bridgehead atoms. The molecule has 0 spiro atoms. The SMILES string of the molecule is CC(C1CCSCC1)N1CCNCC1. The number of piperazine rings is 1. The summed E-state index contributed by atoms with van der Waals surface area (Å²) in [5.74, 6) is 3.75. The maximum absolute atomic E-state index is 3.43. The van der Waals surface area contributed by atoms with Crippen LogP contribution < -0.4 is 5.32 Å². The average Bonchev–Trinajstić information content (AvgIpc) is 2.30. The first kappa shape index (κ1) is 10.8. The molecule has 82 valence electrons. The standard InChI is InChI=1S/C11H22N2S/c1-10(11-2-8-14-9-3-11)13-6-4-12-5-7-13/h10-12H,2-9H2,1H3. The van der Waals surface area contributed by atoms with Crippen molar-refractivity contribution in [1.29, 1.82) is 0 Å². The second-order valence-electron chi connectivity index (χ2n) is 4.48. The monoisotopic (exact) mass is 214 g/mol. The third-order valence-electron chi connectivity index (χ3n) is 3.68. The van der Waals surface area contributed by atoms with Gasteiger partial charge >= 0.3 is 0 Å². The Labute approximate surface area is 91.8 Å². The van der Waals surface area contributed by atoms with Gasteiger partial charge < -0.3 is 5.32 Å². The van der Waals surface area contributed by atoms with E-state index in [9.17, 15) is 0 Å². The number of nitrogens with zero attached hydrogens (tertiary/aromatic N) is 1. The van der Waals surface area contributed by atoms with Crippen LogP contribution in [0.3, 0.4) is 0 Å². The maximum atomic E-state index is 3.43. The van der Waals surface area contributed by atoms with Crippen LogP contribution in [0.25, 0.3) is 0 Å². The summed E-state index contributed by atoms with van der Waals surface area (Å²) in [4.78, 5) is 2.68. The molecule has 0 aliphatic carbocycles. The Morgan fingerprint density at radius 2 is 1.86 bits per heavy atom. The Morgan fingerprint density at radius 1 is 1.21 bits per heavy atom. The predicted octanol–water partition coefficient (Wildman–Crippen LogP) is 1.42. The van der Waals surface area contributed by atoms with Crippen molar-refractivity contribution in [2.75, 3.05) is 37.7 Å². The van der Waals surface area contributed by atoms with Crippen molar-refractivity contribution in [1.82, 2.24) is 10.2 Å². The van der Waals surface area contributed by atoms with E-state index >= 15 is 0 Å². The number of nitrogens with one attached hydrogen (secondary N) is 1. The fourth-order valence-corrected chi connectivity index (χ4v) is 3.73. The fourth-order valence-electron chi connectivity index (χ4n) is 2.59. The van der Waals surface area contributed by atoms with Gasteiger partial charge in [0.1, 0.15) is 0 Å². The van der Waals surface area contributed by atoms with E-state index < -0.39 is 0 Å². The van der Waals surface area contributed by atoms with Crippen molar-refractivity contribution >= 4 is 11.8 Å². The number of rotatable bonds is 2. The molecule has 1 N–H and O–H groups in total. The highest BCUT2D eigenvalue weighted by atomic mass is 32.2. The summed E-state index contributed by atoms with van der Waals surface area (Å²) in [7, 11) is 0. The molecular formula is C11H22N2S. The molecule has 2 aliphatic heterocycles. The normalized spacial score (nSPS) is 28.9. The van der Waals surface area contributed by atoms with Gasteiger partial charge in [0.25, 0.3) is 0 Å². The largest absolute Gasteiger partial charge is 0.314 e. The van der Waals surface area contributed by atoms with E-state index in [2.05, 4.69) is 28.9 Å². The van der Waals surface area contributed by atoms with E-state index in [-0.39, 0.29) is 0 Å². The molecule has 0 aromatic rings. The van der Waals surface area contributed by atoms with Crippen molar-refractivity contribution in [3.63, 3.8) is 0 Å². The van der Waals surface area contributed by atoms with Crippen molar-refractivity contribution in [3.8, 4) is 0 Å². The van der Waals surface area contributed by atoms with Gasteiger partial charge in [-0.25, -0.2) is 0 Å². The number of thioether (sulfide) groups is 1. The summed E-state index contributed by atoms with van der Waals surface area (Å²) >= 11 is 2.13. The summed E-state index contributed by atoms with van der Waals surface area (Å²) in [5, 5.41) is 3.43. The summed E-state index contributed by atoms with van der Waals surface area (Å²) in [6, 6.07) is 0.818. The molecule has 0 aromatic carbocycles. The van der Waals surface area contributed by atoms with Crippen molar-refractivity contribution in [3.05, 3.63) is 0 Å². The smallest absolute Gasteiger partial charge is 0.0110 e. The van der Waals surface area contributed by atoms with Crippen molar-refractivity contribution in [2.24, 2.45) is 5.92 Å². The quantitative estimate of drug-likeness (QED) is 0.748. The summed E-state index contributed by atoms with van der Waals surface area (Å²) < 4.78 is 0. The zero-order valence-electron chi connectivity index (χ0n) is 9.17. The predicted molar refractivity (Wildman–Crippen MR) is 64.0 cm³/mol. The van der Waals surface area contributed by atoms with Crippen LogP contribution in [0, 0.1) is 5.92 Å². The molecule has 2 aliphatic rings. The lowest BCUT2D eigenvalue weighted by molar-refractivity contribution is 0.131. The molecule has 2 heterocycles. The van der Waals surface area contributed by atoms with E-state index in [0.29, 0.717) is 0 Å². The first-order valence-corrected chi connectivity index (χ1v) is 7.06. The van der Waals surface area contributed by atoms with Crippen LogP contribution in [0.15, 0.2) is 0 Å². The lowest BCUT2D eigenvalue weighted by Gasteiger charge is -2.38. The second-order valence-corrected chi connectivity index (χ2v) is 5.70. The van der Waals surface area contributed by atoms with Gasteiger partial charge in [0.05, 0.1) is 0 Å². The van der Waals surface area contributed by atoms with Gasteiger partial charge in [-0.1, -0.05) is 0 Å². The molecule has 2 nitrogen and oxygen atoms in total. The van der Waals surface area contributed by atoms with Crippen LogP contribution >= 0.6 is 11.8 Å². The summed E-state index contributed by atoms with van der Waals surface area (Å²) in [6.07, 6.45) is 2.88. The van der Waals surface area contributed by atoms with Crippen LogP contribution in [-0.2, 0) is 0 Å². The van der Waals surface area contributed by atoms with Crippen LogP contribution in [0.1, 0.15) is 19.8 Å². The fraction of sp³-hybridized carbons (Fsp3) is 1.00. The third kappa shape index (κ3) is 2.65. The molecule has 0 saturated carbocycles. The molecule has 2 rings (SSSR count). The van der Waals surface area contributed by atoms with Crippen LogP contribution in [0.2, 0.25) is 0 Å². The second kappa shape index (κ2) is 5.38. The Morgan fingerprint density at radius 3 is 2.50 bits per heavy atom. The summed E-state index contributed by atoms with van der Waals surface area (Å²) in [5.41, 5.74) is 0. The highest BCUT2D eigenvalue weighted by Crippen LogP contribution is 2.27. The minimum absolute atomic E-state index is 0.818. The lowest BCUT2D eigenvalue weighted by atomic mass is 9.93. The molecule has 1 unspecified atom stereocenters. The first-order chi connectivity index (χ1) is 6.88. The van der Waals surface area contributed by atoms with E-state index in [1.807, 2.05) is 0 Å². The lowest BCUT2D eigenvalue weighted by Crippen LogP contribution is -2.50. The van der Waals surface area contributed by atoms with Crippen molar-refractivity contribution < 1.29 is 0 Å². The average molecular weight is 214 g/mol. The van der Waals surface area contributed by atoms with Crippen LogP contribution in [-0.4, -0.2) is 48.6 Å². The van der Waals surface area contributed by atoms with Crippen LogP contribution in [0.4, 0.5) is 0 Å². The molecule has 14 heavy (non-hydrogen) atoms. The van der Waals surface area contributed by atoms with Gasteiger partial charge in [-0.2, -0.15) is 11.8 Å². The zero-order valence-corrected chi connectivity index (χ0v) is 9.98. The molecule has 3 heteroatoms. The van der Waals surface area contributed by atoms with E-state index in [1.165, 1.54) is 50.5 Å². The molecule has 0 aromatic heterocycles. The van der Waals surface area contributed by atoms with Gasteiger partial charge in [-0.15, -0.1) is 0 Å². The minimum atomic E-state index is 0.818. The van der Waals surface area contributed by atoms with Gasteiger partial charge in [0, 0.05) is 32.2 Å². The summed E-state index contributed by atoms with van der Waals surface area (Å²) in [6.45, 7) is 7.32. The Hall–Kier alpha value is 0.270. The van der Waals surface area contributed by atoms with Gasteiger partial charge in [0.2, 0.25) is 0 Å². The Balaban J connectivity index is 1.82. The maximum Gasteiger partial charge on any atom is 0.0110 e. The number of hydrogen-bond donors (Lipinski definition) is 1. The van der Waals surface area contributed by atoms with Gasteiger partial charge in [0.15, 0.2) is 0 Å². The highest BCUT2D eigenvalue weighted by molar-refractivity contribution is 7.99. The van der Waals surface area contributed by atoms with Crippen molar-refractivity contribution in [2.45, 2.75) is 25.8 Å². The topological polar surface area (TPSA) is 15.3 Å². The van der Waals surface area contributed by atoms with E-state index in [4.69, 9.17) is 0 Å². The van der Waals surface area contributed by atoms with Gasteiger partial charge in [-0.3, -0.25) is 4.90 Å². The van der Waals surface area contributed by atoms with Gasteiger partial charge in [-0.05, 0) is 37.2 Å². The minimum Gasteiger partial charge on any atom is -0.314 e. The Bertz CT molecular complexity index is 145. The van der Waals surface area contributed by atoms with E-state index in [0.717, 1.165) is 12.0 Å². The van der Waals surface area contributed by atoms with Crippen LogP contribution in [0.5, 0.6) is 0 Å². The Kier molecular flexibility index (Phi) is 4.14. The zero-order chi connectivity index (χ0) is 9.80. The molecule has 1 atom stereocenters. The molecule has 0 radical (unpaired) electrons. The number of hydrogen-bond acceptors (Lipinski definition) is 3. The third-order valence-corrected chi connectivity index (χ3v) is 4.72. The van der Waals surface area contributed by atoms with E-state index in [1.54, 1.807) is 0 Å². The highest BCUT2D eigenvalue weighted by Gasteiger charge is 2.25. The molecule has 2 fully saturated rings.